The number of carbonyl (C=O) groups excluding carboxylic acids is 1. The molecular formula is C14H12Cl4N4O. The van der Waals surface area contributed by atoms with Crippen molar-refractivity contribution < 1.29 is 4.79 Å². The van der Waals surface area contributed by atoms with E-state index in [1.807, 2.05) is 4.90 Å². The number of amides is 1. The standard InChI is InChI=1S/C14H12Cl4N4O/c15-8-5-10(17)13(19-7-8)21-1-3-22(4-2-21)14(23)11-6-9(16)12(18)20-11/h5-7,20H,1-4H2. The predicted octanol–water partition coefficient (Wildman–Crippen LogP) is 3.99. The van der Waals surface area contributed by atoms with Crippen LogP contribution in [0.4, 0.5) is 5.82 Å². The number of aromatic amines is 1. The minimum absolute atomic E-state index is 0.131. The molecule has 3 rings (SSSR count). The van der Waals surface area contributed by atoms with Crippen LogP contribution in [0.15, 0.2) is 18.3 Å². The Balaban J connectivity index is 1.67. The van der Waals surface area contributed by atoms with Gasteiger partial charge in [0.15, 0.2) is 0 Å². The first-order chi connectivity index (χ1) is 11.0. The van der Waals surface area contributed by atoms with Gasteiger partial charge in [0.05, 0.1) is 15.1 Å². The van der Waals surface area contributed by atoms with Crippen LogP contribution in [0, 0.1) is 0 Å². The van der Waals surface area contributed by atoms with Gasteiger partial charge in [-0.3, -0.25) is 4.79 Å². The fourth-order valence-corrected chi connectivity index (χ4v) is 3.26. The molecule has 1 saturated heterocycles. The third-order valence-corrected chi connectivity index (χ3v) is 4.79. The Morgan fingerprint density at radius 1 is 1.04 bits per heavy atom. The van der Waals surface area contributed by atoms with Gasteiger partial charge in [-0.2, -0.15) is 0 Å². The Morgan fingerprint density at radius 3 is 2.30 bits per heavy atom. The second-order valence-electron chi connectivity index (χ2n) is 5.08. The van der Waals surface area contributed by atoms with Crippen LogP contribution in [0.25, 0.3) is 0 Å². The lowest BCUT2D eigenvalue weighted by Crippen LogP contribution is -2.49. The molecule has 1 amide bonds. The molecule has 0 bridgehead atoms. The summed E-state index contributed by atoms with van der Waals surface area (Å²) in [7, 11) is 0. The molecule has 0 aromatic carbocycles. The second-order valence-corrected chi connectivity index (χ2v) is 6.71. The molecule has 3 heterocycles. The Morgan fingerprint density at radius 2 is 1.74 bits per heavy atom. The van der Waals surface area contributed by atoms with Crippen molar-refractivity contribution in [2.24, 2.45) is 0 Å². The van der Waals surface area contributed by atoms with Crippen LogP contribution in [-0.2, 0) is 0 Å². The molecule has 1 N–H and O–H groups in total. The molecule has 2 aromatic rings. The maximum absolute atomic E-state index is 12.4. The third-order valence-electron chi connectivity index (χ3n) is 3.61. The fraction of sp³-hybridized carbons (Fsp3) is 0.286. The molecule has 1 fully saturated rings. The number of piperazine rings is 1. The maximum Gasteiger partial charge on any atom is 0.270 e. The summed E-state index contributed by atoms with van der Waals surface area (Å²) in [4.78, 5) is 23.2. The highest BCUT2D eigenvalue weighted by atomic mass is 35.5. The minimum Gasteiger partial charge on any atom is -0.352 e. The molecule has 0 saturated carbocycles. The van der Waals surface area contributed by atoms with Gasteiger partial charge in [0.1, 0.15) is 16.7 Å². The minimum atomic E-state index is -0.131. The van der Waals surface area contributed by atoms with Gasteiger partial charge in [0, 0.05) is 32.4 Å². The molecule has 5 nitrogen and oxygen atoms in total. The van der Waals surface area contributed by atoms with Crippen LogP contribution >= 0.6 is 46.4 Å². The van der Waals surface area contributed by atoms with Crippen LogP contribution < -0.4 is 4.90 Å². The zero-order valence-electron chi connectivity index (χ0n) is 11.8. The quantitative estimate of drug-likeness (QED) is 0.839. The van der Waals surface area contributed by atoms with Crippen molar-refractivity contribution in [1.82, 2.24) is 14.9 Å². The van der Waals surface area contributed by atoms with Crippen LogP contribution in [0.3, 0.4) is 0 Å². The van der Waals surface area contributed by atoms with Crippen LogP contribution in [0.1, 0.15) is 10.5 Å². The highest BCUT2D eigenvalue weighted by Crippen LogP contribution is 2.27. The molecule has 23 heavy (non-hydrogen) atoms. The van der Waals surface area contributed by atoms with Gasteiger partial charge in [-0.15, -0.1) is 0 Å². The van der Waals surface area contributed by atoms with Gasteiger partial charge in [0.25, 0.3) is 5.91 Å². The zero-order valence-corrected chi connectivity index (χ0v) is 14.8. The molecule has 1 aliphatic heterocycles. The lowest BCUT2D eigenvalue weighted by molar-refractivity contribution is 0.0741. The first kappa shape index (κ1) is 16.7. The summed E-state index contributed by atoms with van der Waals surface area (Å²) in [6.07, 6.45) is 1.56. The molecule has 0 spiro atoms. The summed E-state index contributed by atoms with van der Waals surface area (Å²) in [6.45, 7) is 2.35. The van der Waals surface area contributed by atoms with Crippen molar-refractivity contribution in [3.05, 3.63) is 44.2 Å². The largest absolute Gasteiger partial charge is 0.352 e. The summed E-state index contributed by atoms with van der Waals surface area (Å²) in [5, 5.41) is 1.60. The lowest BCUT2D eigenvalue weighted by Gasteiger charge is -2.35. The number of pyridine rings is 1. The van der Waals surface area contributed by atoms with Gasteiger partial charge < -0.3 is 14.8 Å². The molecular weight excluding hydrogens is 382 g/mol. The van der Waals surface area contributed by atoms with E-state index in [9.17, 15) is 4.79 Å². The van der Waals surface area contributed by atoms with E-state index < -0.39 is 0 Å². The highest BCUT2D eigenvalue weighted by molar-refractivity contribution is 6.41. The maximum atomic E-state index is 12.4. The monoisotopic (exact) mass is 392 g/mol. The summed E-state index contributed by atoms with van der Waals surface area (Å²) < 4.78 is 0. The molecule has 9 heteroatoms. The molecule has 122 valence electrons. The Bertz CT molecular complexity index is 721. The molecule has 0 radical (unpaired) electrons. The molecule has 2 aromatic heterocycles. The van der Waals surface area contributed by atoms with E-state index in [1.165, 1.54) is 6.07 Å². The van der Waals surface area contributed by atoms with Gasteiger partial charge in [0.2, 0.25) is 0 Å². The fourth-order valence-electron chi connectivity index (χ4n) is 2.45. The summed E-state index contributed by atoms with van der Waals surface area (Å²) in [5.74, 6) is 0.544. The number of hydrogen-bond acceptors (Lipinski definition) is 3. The number of hydrogen-bond donors (Lipinski definition) is 1. The highest BCUT2D eigenvalue weighted by Gasteiger charge is 2.25. The first-order valence-electron chi connectivity index (χ1n) is 6.85. The lowest BCUT2D eigenvalue weighted by atomic mass is 10.2. The number of carbonyl (C=O) groups is 1. The van der Waals surface area contributed by atoms with Crippen molar-refractivity contribution in [2.75, 3.05) is 31.1 Å². The Labute approximate surface area is 153 Å². The Kier molecular flexibility index (Phi) is 4.92. The third kappa shape index (κ3) is 3.53. The normalized spacial score (nSPS) is 15.1. The van der Waals surface area contributed by atoms with Crippen LogP contribution in [-0.4, -0.2) is 47.0 Å². The summed E-state index contributed by atoms with van der Waals surface area (Å²) >= 11 is 23.7. The summed E-state index contributed by atoms with van der Waals surface area (Å²) in [6, 6.07) is 3.20. The van der Waals surface area contributed by atoms with Gasteiger partial charge in [-0.05, 0) is 12.1 Å². The zero-order chi connectivity index (χ0) is 16.6. The van der Waals surface area contributed by atoms with E-state index in [4.69, 9.17) is 46.4 Å². The van der Waals surface area contributed by atoms with Crippen LogP contribution in [0.2, 0.25) is 20.2 Å². The first-order valence-corrected chi connectivity index (χ1v) is 8.36. The van der Waals surface area contributed by atoms with E-state index in [-0.39, 0.29) is 11.1 Å². The molecule has 1 aliphatic rings. The van der Waals surface area contributed by atoms with Gasteiger partial charge >= 0.3 is 0 Å². The van der Waals surface area contributed by atoms with Crippen molar-refractivity contribution >= 4 is 58.1 Å². The smallest absolute Gasteiger partial charge is 0.270 e. The van der Waals surface area contributed by atoms with Crippen molar-refractivity contribution in [3.8, 4) is 0 Å². The Hall–Kier alpha value is -1.14. The number of nitrogens with one attached hydrogen (secondary N) is 1. The van der Waals surface area contributed by atoms with E-state index >= 15 is 0 Å². The average Bonchev–Trinajstić information content (AvgIpc) is 2.86. The number of aromatic nitrogens is 2. The van der Waals surface area contributed by atoms with Gasteiger partial charge in [-0.25, -0.2) is 4.98 Å². The van der Waals surface area contributed by atoms with Crippen molar-refractivity contribution in [2.45, 2.75) is 0 Å². The molecule has 0 unspecified atom stereocenters. The van der Waals surface area contributed by atoms with Crippen molar-refractivity contribution in [1.29, 1.82) is 0 Å². The van der Waals surface area contributed by atoms with Crippen molar-refractivity contribution in [3.63, 3.8) is 0 Å². The number of halogens is 4. The number of rotatable bonds is 2. The predicted molar refractivity (Wildman–Crippen MR) is 93.2 cm³/mol. The summed E-state index contributed by atoms with van der Waals surface area (Å²) in [5.41, 5.74) is 0.385. The molecule has 0 aliphatic carbocycles. The number of anilines is 1. The molecule has 0 atom stereocenters. The SMILES string of the molecule is O=C(c1cc(Cl)c(Cl)[nH]1)N1CCN(c2ncc(Cl)cc2Cl)CC1. The number of nitrogens with zero attached hydrogens (tertiary/aromatic N) is 3. The number of H-pyrrole nitrogens is 1. The van der Waals surface area contributed by atoms with Crippen LogP contribution in [0.5, 0.6) is 0 Å². The second kappa shape index (κ2) is 6.77. The van der Waals surface area contributed by atoms with E-state index in [1.54, 1.807) is 17.2 Å². The van der Waals surface area contributed by atoms with E-state index in [0.717, 1.165) is 0 Å². The average molecular weight is 394 g/mol. The van der Waals surface area contributed by atoms with E-state index in [0.29, 0.717) is 52.8 Å². The van der Waals surface area contributed by atoms with E-state index in [2.05, 4.69) is 9.97 Å². The topological polar surface area (TPSA) is 52.2 Å². The van der Waals surface area contributed by atoms with Gasteiger partial charge in [-0.1, -0.05) is 46.4 Å².